The van der Waals surface area contributed by atoms with E-state index in [0.29, 0.717) is 63.8 Å². The monoisotopic (exact) mass is 611 g/mol. The zero-order valence-corrected chi connectivity index (χ0v) is 24.1. The van der Waals surface area contributed by atoms with Crippen molar-refractivity contribution in [3.8, 4) is 5.75 Å². The number of hydrogen-bond acceptors (Lipinski definition) is 8. The van der Waals surface area contributed by atoms with Crippen LogP contribution < -0.4 is 15.4 Å². The number of fused-ring (bicyclic) bond motifs is 1. The van der Waals surface area contributed by atoms with Gasteiger partial charge < -0.3 is 20.3 Å². The van der Waals surface area contributed by atoms with Crippen LogP contribution in [0.4, 0.5) is 21.6 Å². The van der Waals surface area contributed by atoms with Gasteiger partial charge in [-0.15, -0.1) is 0 Å². The topological polar surface area (TPSA) is 131 Å². The summed E-state index contributed by atoms with van der Waals surface area (Å²) in [6.45, 7) is 0.475. The smallest absolute Gasteiger partial charge is 0.247 e. The highest BCUT2D eigenvalue weighted by Crippen LogP contribution is 2.32. The number of ether oxygens (including phenoxy) is 1. The van der Waals surface area contributed by atoms with Gasteiger partial charge in [-0.3, -0.25) is 9.59 Å². The molecule has 10 nitrogen and oxygen atoms in total. The zero-order chi connectivity index (χ0) is 29.9. The number of sulfone groups is 1. The maximum Gasteiger partial charge on any atom is 0.247 e. The van der Waals surface area contributed by atoms with E-state index in [2.05, 4.69) is 20.6 Å². The molecule has 0 saturated carbocycles. The van der Waals surface area contributed by atoms with E-state index in [-0.39, 0.29) is 12.4 Å². The fourth-order valence-corrected chi connectivity index (χ4v) is 5.57. The van der Waals surface area contributed by atoms with E-state index in [0.717, 1.165) is 6.26 Å². The highest BCUT2D eigenvalue weighted by molar-refractivity contribution is 7.91. The Kier molecular flexibility index (Phi) is 8.55. The van der Waals surface area contributed by atoms with E-state index >= 15 is 0 Å². The molecular formula is C29H27ClFN5O5S. The number of nitrogens with one attached hydrogen (secondary N) is 2. The summed E-state index contributed by atoms with van der Waals surface area (Å²) < 4.78 is 42.4. The number of halogens is 2. The molecule has 13 heteroatoms. The first kappa shape index (κ1) is 29.2. The summed E-state index contributed by atoms with van der Waals surface area (Å²) in [6, 6.07) is 15.6. The maximum atomic E-state index is 13.4. The summed E-state index contributed by atoms with van der Waals surface area (Å²) in [5, 5.41) is 7.01. The Balaban J connectivity index is 1.29. The SMILES string of the molecule is CS(=O)(=O)CC(=O)N1CCCC1C(=O)Nc1ccc2ncnc(Nc3ccc(OCc4cccc(F)c4)c(Cl)c3)c2c1. The molecule has 0 spiro atoms. The summed E-state index contributed by atoms with van der Waals surface area (Å²) in [4.78, 5) is 35.6. The Morgan fingerprint density at radius 2 is 1.90 bits per heavy atom. The first-order chi connectivity index (χ1) is 20.1. The molecule has 1 aliphatic rings. The fraction of sp³-hybridized carbons (Fsp3) is 0.241. The number of amides is 2. The molecule has 4 aromatic rings. The second-order valence-electron chi connectivity index (χ2n) is 9.95. The van der Waals surface area contributed by atoms with Crippen LogP contribution in [0.25, 0.3) is 10.9 Å². The Morgan fingerprint density at radius 1 is 1.10 bits per heavy atom. The van der Waals surface area contributed by atoms with Gasteiger partial charge in [0.1, 0.15) is 42.1 Å². The van der Waals surface area contributed by atoms with Gasteiger partial charge in [0, 0.05) is 29.6 Å². The number of benzene rings is 3. The minimum Gasteiger partial charge on any atom is -0.487 e. The number of likely N-dealkylation sites (tertiary alicyclic amines) is 1. The third-order valence-electron chi connectivity index (χ3n) is 6.64. The van der Waals surface area contributed by atoms with Gasteiger partial charge in [0.15, 0.2) is 9.84 Å². The number of carbonyl (C=O) groups excluding carboxylic acids is 2. The number of carbonyl (C=O) groups is 2. The van der Waals surface area contributed by atoms with Gasteiger partial charge in [-0.05, 0) is 66.9 Å². The van der Waals surface area contributed by atoms with Gasteiger partial charge in [0.2, 0.25) is 11.8 Å². The van der Waals surface area contributed by atoms with Crippen LogP contribution in [0.15, 0.2) is 67.0 Å². The van der Waals surface area contributed by atoms with Gasteiger partial charge >= 0.3 is 0 Å². The average Bonchev–Trinajstić information content (AvgIpc) is 3.43. The fourth-order valence-electron chi connectivity index (χ4n) is 4.72. The summed E-state index contributed by atoms with van der Waals surface area (Å²) >= 11 is 6.44. The van der Waals surface area contributed by atoms with Crippen LogP contribution in [0, 0.1) is 5.82 Å². The molecule has 2 N–H and O–H groups in total. The van der Waals surface area contributed by atoms with Gasteiger partial charge in [0.25, 0.3) is 0 Å². The van der Waals surface area contributed by atoms with E-state index in [4.69, 9.17) is 16.3 Å². The van der Waals surface area contributed by atoms with Crippen LogP contribution in [0.2, 0.25) is 5.02 Å². The quantitative estimate of drug-likeness (QED) is 0.278. The van der Waals surface area contributed by atoms with Crippen molar-refractivity contribution < 1.29 is 27.1 Å². The molecule has 218 valence electrons. The molecule has 0 aliphatic carbocycles. The molecule has 1 aliphatic heterocycles. The van der Waals surface area contributed by atoms with Gasteiger partial charge in [-0.2, -0.15) is 0 Å². The van der Waals surface area contributed by atoms with E-state index in [1.54, 1.807) is 48.5 Å². The second-order valence-corrected chi connectivity index (χ2v) is 12.5. The van der Waals surface area contributed by atoms with Crippen molar-refractivity contribution in [2.24, 2.45) is 0 Å². The molecule has 1 fully saturated rings. The Hall–Kier alpha value is -4.29. The Morgan fingerprint density at radius 3 is 2.67 bits per heavy atom. The lowest BCUT2D eigenvalue weighted by atomic mass is 10.1. The van der Waals surface area contributed by atoms with Gasteiger partial charge in [-0.1, -0.05) is 23.7 Å². The molecule has 1 saturated heterocycles. The number of hydrogen-bond donors (Lipinski definition) is 2. The molecule has 2 heterocycles. The maximum absolute atomic E-state index is 13.4. The third kappa shape index (κ3) is 7.12. The molecule has 42 heavy (non-hydrogen) atoms. The van der Waals surface area contributed by atoms with Crippen LogP contribution in [0.3, 0.4) is 0 Å². The lowest BCUT2D eigenvalue weighted by Crippen LogP contribution is -2.45. The van der Waals surface area contributed by atoms with E-state index in [1.165, 1.54) is 23.4 Å². The number of nitrogens with zero attached hydrogens (tertiary/aromatic N) is 3. The lowest BCUT2D eigenvalue weighted by Gasteiger charge is -2.23. The van der Waals surface area contributed by atoms with Crippen molar-refractivity contribution in [2.75, 3.05) is 29.2 Å². The van der Waals surface area contributed by atoms with Crippen LogP contribution in [-0.2, 0) is 26.0 Å². The zero-order valence-electron chi connectivity index (χ0n) is 22.5. The number of anilines is 3. The van der Waals surface area contributed by atoms with Crippen LogP contribution in [0.5, 0.6) is 5.75 Å². The lowest BCUT2D eigenvalue weighted by molar-refractivity contribution is -0.134. The summed E-state index contributed by atoms with van der Waals surface area (Å²) in [5.41, 5.74) is 2.38. The second kappa shape index (κ2) is 12.3. The standard InChI is InChI=1S/C29H27ClFN5O5S/c1-42(39,40)16-27(37)36-11-3-6-25(36)29(38)35-20-7-9-24-22(13-20)28(33-17-32-24)34-21-8-10-26(23(30)14-21)41-15-18-4-2-5-19(31)12-18/h2,4-5,7-10,12-14,17,25H,3,6,11,15-16H2,1H3,(H,35,38)(H,32,33,34). The molecule has 1 aromatic heterocycles. The summed E-state index contributed by atoms with van der Waals surface area (Å²) in [6.07, 6.45) is 3.44. The normalized spacial score (nSPS) is 15.0. The molecule has 0 bridgehead atoms. The van der Waals surface area contributed by atoms with E-state index in [1.807, 2.05) is 0 Å². The van der Waals surface area contributed by atoms with Crippen molar-refractivity contribution in [1.82, 2.24) is 14.9 Å². The first-order valence-corrected chi connectivity index (χ1v) is 15.5. The van der Waals surface area contributed by atoms with Crippen LogP contribution in [-0.4, -0.2) is 59.7 Å². The van der Waals surface area contributed by atoms with Crippen molar-refractivity contribution >= 4 is 61.3 Å². The predicted molar refractivity (Wildman–Crippen MR) is 158 cm³/mol. The highest BCUT2D eigenvalue weighted by atomic mass is 35.5. The molecule has 3 aromatic carbocycles. The van der Waals surface area contributed by atoms with Gasteiger partial charge in [0.05, 0.1) is 10.5 Å². The first-order valence-electron chi connectivity index (χ1n) is 13.0. The Bertz CT molecular complexity index is 1770. The van der Waals surface area contributed by atoms with Crippen LogP contribution in [0.1, 0.15) is 18.4 Å². The highest BCUT2D eigenvalue weighted by Gasteiger charge is 2.35. The number of rotatable bonds is 9. The molecule has 5 rings (SSSR count). The van der Waals surface area contributed by atoms with Crippen molar-refractivity contribution in [2.45, 2.75) is 25.5 Å². The summed E-state index contributed by atoms with van der Waals surface area (Å²) in [5.74, 6) is -1.07. The predicted octanol–water partition coefficient (Wildman–Crippen LogP) is 4.72. The van der Waals surface area contributed by atoms with Crippen molar-refractivity contribution in [1.29, 1.82) is 0 Å². The van der Waals surface area contributed by atoms with E-state index in [9.17, 15) is 22.4 Å². The van der Waals surface area contributed by atoms with Crippen LogP contribution >= 0.6 is 11.6 Å². The molecule has 1 atom stereocenters. The minimum atomic E-state index is -3.52. The average molecular weight is 612 g/mol. The molecule has 2 amide bonds. The number of aromatic nitrogens is 2. The van der Waals surface area contributed by atoms with Crippen molar-refractivity contribution in [3.05, 3.63) is 83.4 Å². The largest absolute Gasteiger partial charge is 0.487 e. The third-order valence-corrected chi connectivity index (χ3v) is 7.71. The minimum absolute atomic E-state index is 0.153. The van der Waals surface area contributed by atoms with E-state index < -0.39 is 33.4 Å². The molecular weight excluding hydrogens is 585 g/mol. The van der Waals surface area contributed by atoms with Gasteiger partial charge in [-0.25, -0.2) is 22.8 Å². The molecule has 1 unspecified atom stereocenters. The van der Waals surface area contributed by atoms with Crippen molar-refractivity contribution in [3.63, 3.8) is 0 Å². The Labute approximate surface area is 246 Å². The summed E-state index contributed by atoms with van der Waals surface area (Å²) in [7, 11) is -3.52. The molecule has 0 radical (unpaired) electrons.